The minimum atomic E-state index is -6.09. The maximum atomic E-state index is 10.7. The molecule has 0 saturated carbocycles. The summed E-state index contributed by atoms with van der Waals surface area (Å²) in [4.78, 5) is 0. The van der Waals surface area contributed by atoms with E-state index in [1.165, 1.54) is 16.9 Å². The van der Waals surface area contributed by atoms with E-state index in [-0.39, 0.29) is 0 Å². The Hall–Kier alpha value is -0.990. The first-order valence-corrected chi connectivity index (χ1v) is 8.28. The van der Waals surface area contributed by atoms with Crippen molar-refractivity contribution in [3.05, 3.63) is 41.3 Å². The largest absolute Gasteiger partial charge is 0.741 e. The lowest BCUT2D eigenvalue weighted by Gasteiger charge is -2.12. The van der Waals surface area contributed by atoms with E-state index in [2.05, 4.69) is 42.0 Å². The molecule has 106 valence electrons. The second-order valence-corrected chi connectivity index (χ2v) is 7.02. The van der Waals surface area contributed by atoms with Crippen molar-refractivity contribution < 1.29 is 26.1 Å². The number of rotatable bonds is 1. The molecule has 19 heavy (non-hydrogen) atoms. The van der Waals surface area contributed by atoms with Crippen molar-refractivity contribution in [2.45, 2.75) is 5.51 Å². The van der Waals surface area contributed by atoms with Gasteiger partial charge in [-0.05, 0) is 5.56 Å². The molecule has 0 radical (unpaired) electrons. The maximum absolute atomic E-state index is 10.7. The van der Waals surface area contributed by atoms with Crippen LogP contribution in [0, 0.1) is 0 Å². The molecular weight excluding hydrogens is 301 g/mol. The molecule has 3 nitrogen and oxygen atoms in total. The Bertz CT molecular complexity index is 550. The van der Waals surface area contributed by atoms with Crippen molar-refractivity contribution in [3.8, 4) is 0 Å². The van der Waals surface area contributed by atoms with E-state index in [0.29, 0.717) is 10.9 Å². The van der Waals surface area contributed by atoms with Gasteiger partial charge in [-0.25, -0.2) is 8.42 Å². The van der Waals surface area contributed by atoms with Gasteiger partial charge in [-0.3, -0.25) is 0 Å². The summed E-state index contributed by atoms with van der Waals surface area (Å²) >= 11 is 0. The van der Waals surface area contributed by atoms with E-state index in [9.17, 15) is 13.2 Å². The van der Waals surface area contributed by atoms with Crippen LogP contribution in [-0.4, -0.2) is 30.5 Å². The van der Waals surface area contributed by atoms with E-state index in [1.54, 1.807) is 0 Å². The van der Waals surface area contributed by atoms with Crippen LogP contribution < -0.4 is 0 Å². The molecule has 0 saturated heterocycles. The lowest BCUT2D eigenvalue weighted by molar-refractivity contribution is -0.0517. The van der Waals surface area contributed by atoms with Crippen molar-refractivity contribution in [1.29, 1.82) is 0 Å². The molecule has 0 aromatic heterocycles. The molecule has 1 heterocycles. The van der Waals surface area contributed by atoms with Crippen molar-refractivity contribution in [2.75, 3.05) is 12.0 Å². The zero-order chi connectivity index (χ0) is 14.7. The van der Waals surface area contributed by atoms with E-state index in [1.807, 2.05) is 0 Å². The van der Waals surface area contributed by atoms with Crippen molar-refractivity contribution in [1.82, 2.24) is 0 Å². The second-order valence-electron chi connectivity index (χ2n) is 3.74. The third kappa shape index (κ3) is 4.88. The van der Waals surface area contributed by atoms with Gasteiger partial charge in [-0.2, -0.15) is 13.2 Å². The molecule has 1 aliphatic heterocycles. The Kier molecular flexibility index (Phi) is 5.05. The lowest BCUT2D eigenvalue weighted by atomic mass is 10.1. The van der Waals surface area contributed by atoms with Crippen LogP contribution in [0.3, 0.4) is 0 Å². The van der Waals surface area contributed by atoms with Crippen molar-refractivity contribution >= 4 is 26.6 Å². The fourth-order valence-electron chi connectivity index (χ4n) is 1.27. The zero-order valence-corrected chi connectivity index (χ0v) is 11.5. The number of hydrogen-bond acceptors (Lipinski definition) is 3. The average Bonchev–Trinajstić information content (AvgIpc) is 2.24. The minimum absolute atomic E-state index is 0.565. The highest BCUT2D eigenvalue weighted by molar-refractivity contribution is 8.01. The van der Waals surface area contributed by atoms with Gasteiger partial charge >= 0.3 is 5.51 Å². The first-order valence-electron chi connectivity index (χ1n) is 5.01. The van der Waals surface area contributed by atoms with Gasteiger partial charge < -0.3 is 4.55 Å². The summed E-state index contributed by atoms with van der Waals surface area (Å²) in [6.07, 6.45) is 2.28. The molecule has 8 heteroatoms. The molecule has 0 spiro atoms. The average molecular weight is 312 g/mol. The van der Waals surface area contributed by atoms with Crippen LogP contribution in [-0.2, 0) is 21.0 Å². The summed E-state index contributed by atoms with van der Waals surface area (Å²) in [5.41, 5.74) is -2.72. The van der Waals surface area contributed by atoms with Crippen LogP contribution in [0.2, 0.25) is 0 Å². The smallest absolute Gasteiger partial charge is 0.485 e. The Morgan fingerprint density at radius 3 is 1.95 bits per heavy atom. The Labute approximate surface area is 112 Å². The minimum Gasteiger partial charge on any atom is -0.741 e. The molecule has 0 amide bonds. The molecule has 1 aromatic rings. The van der Waals surface area contributed by atoms with Gasteiger partial charge in [0.2, 0.25) is 0 Å². The van der Waals surface area contributed by atoms with Crippen LogP contribution >= 0.6 is 0 Å². The summed E-state index contributed by atoms with van der Waals surface area (Å²) in [7, 11) is -5.52. The third-order valence-electron chi connectivity index (χ3n) is 2.15. The zero-order valence-electron chi connectivity index (χ0n) is 9.85. The van der Waals surface area contributed by atoms with Gasteiger partial charge in [0.1, 0.15) is 17.4 Å². The summed E-state index contributed by atoms with van der Waals surface area (Å²) in [5, 5.41) is 2.37. The predicted molar refractivity (Wildman–Crippen MR) is 68.3 cm³/mol. The number of halogens is 3. The SMILES string of the molecule is C[S+]1C=C(c2ccccc2)C1.O=S(=O)([O-])C(F)(F)F. The summed E-state index contributed by atoms with van der Waals surface area (Å²) in [6, 6.07) is 10.6. The van der Waals surface area contributed by atoms with E-state index < -0.39 is 15.6 Å². The lowest BCUT2D eigenvalue weighted by Crippen LogP contribution is -2.21. The maximum Gasteiger partial charge on any atom is 0.485 e. The van der Waals surface area contributed by atoms with Crippen LogP contribution in [0.25, 0.3) is 5.57 Å². The molecule has 0 fully saturated rings. The second kappa shape index (κ2) is 5.98. The molecule has 1 aromatic carbocycles. The molecule has 1 aliphatic rings. The molecule has 0 bridgehead atoms. The van der Waals surface area contributed by atoms with Gasteiger partial charge in [-0.1, -0.05) is 30.3 Å². The summed E-state index contributed by atoms with van der Waals surface area (Å²) in [5.74, 6) is 1.28. The summed E-state index contributed by atoms with van der Waals surface area (Å²) < 4.78 is 58.9. The number of alkyl halides is 3. The van der Waals surface area contributed by atoms with Crippen LogP contribution in [0.4, 0.5) is 13.2 Å². The highest BCUT2D eigenvalue weighted by Crippen LogP contribution is 2.26. The van der Waals surface area contributed by atoms with Gasteiger partial charge in [0.25, 0.3) is 0 Å². The van der Waals surface area contributed by atoms with Crippen LogP contribution in [0.15, 0.2) is 35.7 Å². The molecule has 0 aliphatic carbocycles. The first-order chi connectivity index (χ1) is 8.61. The van der Waals surface area contributed by atoms with Crippen LogP contribution in [0.1, 0.15) is 5.56 Å². The molecule has 1 unspecified atom stereocenters. The molecule has 2 rings (SSSR count). The van der Waals surface area contributed by atoms with Gasteiger partial charge in [0.05, 0.1) is 5.57 Å². The topological polar surface area (TPSA) is 57.2 Å². The normalized spacial score (nSPS) is 18.8. The van der Waals surface area contributed by atoms with E-state index in [0.717, 1.165) is 0 Å². The Morgan fingerprint density at radius 2 is 1.63 bits per heavy atom. The number of hydrogen-bond donors (Lipinski definition) is 0. The quantitative estimate of drug-likeness (QED) is 0.454. The summed E-state index contributed by atoms with van der Waals surface area (Å²) in [6.45, 7) is 0. The van der Waals surface area contributed by atoms with Crippen LogP contribution in [0.5, 0.6) is 0 Å². The predicted octanol–water partition coefficient (Wildman–Crippen LogP) is 2.34. The van der Waals surface area contributed by atoms with Gasteiger partial charge in [0, 0.05) is 10.9 Å². The fourth-order valence-corrected chi connectivity index (χ4v) is 2.50. The first kappa shape index (κ1) is 16.1. The fraction of sp³-hybridized carbons (Fsp3) is 0.273. The van der Waals surface area contributed by atoms with Gasteiger partial charge in [-0.15, -0.1) is 0 Å². The molecule has 1 atom stereocenters. The molecule has 0 N–H and O–H groups in total. The van der Waals surface area contributed by atoms with E-state index in [4.69, 9.17) is 13.0 Å². The van der Waals surface area contributed by atoms with Gasteiger partial charge in [0.15, 0.2) is 10.1 Å². The molecular formula is C11H11F3O3S2. The Morgan fingerprint density at radius 1 is 1.21 bits per heavy atom. The van der Waals surface area contributed by atoms with Crippen molar-refractivity contribution in [3.63, 3.8) is 0 Å². The van der Waals surface area contributed by atoms with Crippen molar-refractivity contribution in [2.24, 2.45) is 0 Å². The standard InChI is InChI=1S/C10H11S.CHF3O3S/c1-11-7-10(8-11)9-5-3-2-4-6-9;2-1(3,4)8(5,6)7/h2-7H,8H2,1H3;(H,5,6,7)/q+1;/p-1. The Balaban J connectivity index is 0.000000203. The third-order valence-corrected chi connectivity index (χ3v) is 4.17. The highest BCUT2D eigenvalue weighted by atomic mass is 32.2. The highest BCUT2D eigenvalue weighted by Gasteiger charge is 2.36. The number of benzene rings is 1. The van der Waals surface area contributed by atoms with E-state index >= 15 is 0 Å². The monoisotopic (exact) mass is 312 g/mol.